The smallest absolute Gasteiger partial charge is 0.165 e. The second kappa shape index (κ2) is 5.26. The predicted octanol–water partition coefficient (Wildman–Crippen LogP) is 2.56. The molecule has 1 aromatic carbocycles. The van der Waals surface area contributed by atoms with E-state index in [2.05, 4.69) is 0 Å². The van der Waals surface area contributed by atoms with Gasteiger partial charge in [-0.05, 0) is 37.4 Å². The molecule has 0 saturated heterocycles. The van der Waals surface area contributed by atoms with Crippen molar-refractivity contribution in [1.82, 2.24) is 0 Å². The molecule has 0 spiro atoms. The van der Waals surface area contributed by atoms with Crippen molar-refractivity contribution in [3.63, 3.8) is 0 Å². The normalized spacial score (nSPS) is 16.6. The zero-order valence-corrected chi connectivity index (χ0v) is 9.61. The molecule has 0 heterocycles. The van der Waals surface area contributed by atoms with Gasteiger partial charge in [-0.15, -0.1) is 0 Å². The molecule has 0 bridgehead atoms. The highest BCUT2D eigenvalue weighted by Crippen LogP contribution is 2.28. The first-order chi connectivity index (χ1) is 7.81. The Morgan fingerprint density at radius 1 is 1.31 bits per heavy atom. The van der Waals surface area contributed by atoms with Crippen LogP contribution < -0.4 is 5.73 Å². The largest absolute Gasteiger partial charge is 0.330 e. The molecule has 16 heavy (non-hydrogen) atoms. The molecule has 0 amide bonds. The summed E-state index contributed by atoms with van der Waals surface area (Å²) >= 11 is 0. The van der Waals surface area contributed by atoms with Crippen LogP contribution in [0.5, 0.6) is 0 Å². The van der Waals surface area contributed by atoms with Gasteiger partial charge in [-0.25, -0.2) is 0 Å². The van der Waals surface area contributed by atoms with E-state index >= 15 is 0 Å². The molecular weight excluding hydrogens is 198 g/mol. The summed E-state index contributed by atoms with van der Waals surface area (Å²) in [6, 6.07) is 7.94. The molecule has 0 atom stereocenters. The topological polar surface area (TPSA) is 43.1 Å². The van der Waals surface area contributed by atoms with Crippen LogP contribution in [-0.2, 0) is 6.42 Å². The monoisotopic (exact) mass is 217 g/mol. The first kappa shape index (κ1) is 11.3. The molecule has 1 aliphatic rings. The number of rotatable bonds is 4. The summed E-state index contributed by atoms with van der Waals surface area (Å²) in [6.45, 7) is 0.640. The molecular formula is C14H19NO. The Morgan fingerprint density at radius 3 is 2.75 bits per heavy atom. The average Bonchev–Trinajstić information content (AvgIpc) is 2.82. The summed E-state index contributed by atoms with van der Waals surface area (Å²) < 4.78 is 0. The predicted molar refractivity (Wildman–Crippen MR) is 65.5 cm³/mol. The van der Waals surface area contributed by atoms with Gasteiger partial charge in [0.05, 0.1) is 0 Å². The van der Waals surface area contributed by atoms with Crippen LogP contribution in [0.4, 0.5) is 0 Å². The maximum Gasteiger partial charge on any atom is 0.165 e. The second-order valence-corrected chi connectivity index (χ2v) is 4.58. The van der Waals surface area contributed by atoms with Gasteiger partial charge in [0.2, 0.25) is 0 Å². The molecule has 1 saturated carbocycles. The third kappa shape index (κ3) is 2.50. The lowest BCUT2D eigenvalue weighted by Crippen LogP contribution is -2.11. The molecule has 0 radical (unpaired) electrons. The lowest BCUT2D eigenvalue weighted by Gasteiger charge is -2.09. The van der Waals surface area contributed by atoms with E-state index in [1.54, 1.807) is 0 Å². The molecule has 1 fully saturated rings. The van der Waals surface area contributed by atoms with Crippen LogP contribution in [0, 0.1) is 5.92 Å². The number of benzene rings is 1. The number of carbonyl (C=O) groups is 1. The molecule has 0 aromatic heterocycles. The summed E-state index contributed by atoms with van der Waals surface area (Å²) in [4.78, 5) is 12.2. The van der Waals surface area contributed by atoms with Crippen LogP contribution in [-0.4, -0.2) is 12.3 Å². The van der Waals surface area contributed by atoms with E-state index in [4.69, 9.17) is 5.73 Å². The Hall–Kier alpha value is -1.15. The van der Waals surface area contributed by atoms with Gasteiger partial charge in [-0.3, -0.25) is 4.79 Å². The molecule has 2 heteroatoms. The highest BCUT2D eigenvalue weighted by atomic mass is 16.1. The Bertz CT molecular complexity index is 367. The van der Waals surface area contributed by atoms with E-state index in [9.17, 15) is 4.79 Å². The van der Waals surface area contributed by atoms with Crippen LogP contribution >= 0.6 is 0 Å². The summed E-state index contributed by atoms with van der Waals surface area (Å²) in [5.41, 5.74) is 7.57. The lowest BCUT2D eigenvalue weighted by atomic mass is 9.95. The molecule has 1 aliphatic carbocycles. The van der Waals surface area contributed by atoms with E-state index in [0.717, 1.165) is 24.8 Å². The zero-order valence-electron chi connectivity index (χ0n) is 9.61. The summed E-state index contributed by atoms with van der Waals surface area (Å²) in [5, 5.41) is 0. The van der Waals surface area contributed by atoms with Gasteiger partial charge in [0.15, 0.2) is 5.78 Å². The van der Waals surface area contributed by atoms with Gasteiger partial charge in [0.25, 0.3) is 0 Å². The molecule has 2 N–H and O–H groups in total. The molecule has 86 valence electrons. The Balaban J connectivity index is 2.12. The number of nitrogens with two attached hydrogens (primary N) is 1. The van der Waals surface area contributed by atoms with Crippen molar-refractivity contribution < 1.29 is 4.79 Å². The number of carbonyl (C=O) groups excluding carboxylic acids is 1. The fraction of sp³-hybridized carbons (Fsp3) is 0.500. The van der Waals surface area contributed by atoms with E-state index in [-0.39, 0.29) is 5.92 Å². The standard InChI is InChI=1S/C14H19NO/c15-9-8-11-4-3-7-13(10-11)14(16)12-5-1-2-6-12/h3-4,7,10,12H,1-2,5-6,8-9,15H2. The lowest BCUT2D eigenvalue weighted by molar-refractivity contribution is 0.0923. The number of ketones is 1. The molecule has 2 rings (SSSR count). The SMILES string of the molecule is NCCc1cccc(C(=O)C2CCCC2)c1. The second-order valence-electron chi connectivity index (χ2n) is 4.58. The van der Waals surface area contributed by atoms with Gasteiger partial charge < -0.3 is 5.73 Å². The van der Waals surface area contributed by atoms with Crippen molar-refractivity contribution in [3.8, 4) is 0 Å². The molecule has 1 aromatic rings. The first-order valence-corrected chi connectivity index (χ1v) is 6.14. The van der Waals surface area contributed by atoms with Gasteiger partial charge in [0.1, 0.15) is 0 Å². The van der Waals surface area contributed by atoms with Crippen molar-refractivity contribution in [2.24, 2.45) is 11.7 Å². The third-order valence-electron chi connectivity index (χ3n) is 3.37. The number of Topliss-reactive ketones (excluding diaryl/α,β-unsaturated/α-hetero) is 1. The van der Waals surface area contributed by atoms with Crippen LogP contribution in [0.15, 0.2) is 24.3 Å². The van der Waals surface area contributed by atoms with E-state index in [1.165, 1.54) is 18.4 Å². The minimum absolute atomic E-state index is 0.271. The maximum absolute atomic E-state index is 12.2. The fourth-order valence-electron chi connectivity index (χ4n) is 2.47. The van der Waals surface area contributed by atoms with Crippen molar-refractivity contribution in [1.29, 1.82) is 0 Å². The molecule has 0 aliphatic heterocycles. The van der Waals surface area contributed by atoms with Gasteiger partial charge in [0, 0.05) is 11.5 Å². The van der Waals surface area contributed by atoms with Crippen molar-refractivity contribution in [2.75, 3.05) is 6.54 Å². The van der Waals surface area contributed by atoms with Crippen LogP contribution in [0.3, 0.4) is 0 Å². The Kier molecular flexibility index (Phi) is 3.73. The Labute approximate surface area is 96.8 Å². The maximum atomic E-state index is 12.2. The highest BCUT2D eigenvalue weighted by molar-refractivity contribution is 5.98. The quantitative estimate of drug-likeness (QED) is 0.788. The van der Waals surface area contributed by atoms with Gasteiger partial charge >= 0.3 is 0 Å². The summed E-state index contributed by atoms with van der Waals surface area (Å²) in [6.07, 6.45) is 5.41. The highest BCUT2D eigenvalue weighted by Gasteiger charge is 2.23. The van der Waals surface area contributed by atoms with Crippen molar-refractivity contribution in [3.05, 3.63) is 35.4 Å². The van der Waals surface area contributed by atoms with Crippen molar-refractivity contribution >= 4 is 5.78 Å². The minimum atomic E-state index is 0.271. The summed E-state index contributed by atoms with van der Waals surface area (Å²) in [5.74, 6) is 0.601. The van der Waals surface area contributed by atoms with Crippen molar-refractivity contribution in [2.45, 2.75) is 32.1 Å². The third-order valence-corrected chi connectivity index (χ3v) is 3.37. The van der Waals surface area contributed by atoms with Gasteiger partial charge in [-0.2, -0.15) is 0 Å². The van der Waals surface area contributed by atoms with Crippen LogP contribution in [0.2, 0.25) is 0 Å². The first-order valence-electron chi connectivity index (χ1n) is 6.14. The fourth-order valence-corrected chi connectivity index (χ4v) is 2.47. The van der Waals surface area contributed by atoms with Crippen LogP contribution in [0.25, 0.3) is 0 Å². The number of hydrogen-bond donors (Lipinski definition) is 1. The minimum Gasteiger partial charge on any atom is -0.330 e. The van der Waals surface area contributed by atoms with E-state index < -0.39 is 0 Å². The molecule has 2 nitrogen and oxygen atoms in total. The van der Waals surface area contributed by atoms with Crippen LogP contribution in [0.1, 0.15) is 41.6 Å². The Morgan fingerprint density at radius 2 is 2.06 bits per heavy atom. The molecule has 0 unspecified atom stereocenters. The van der Waals surface area contributed by atoms with E-state index in [1.807, 2.05) is 24.3 Å². The summed E-state index contributed by atoms with van der Waals surface area (Å²) in [7, 11) is 0. The zero-order chi connectivity index (χ0) is 11.4. The van der Waals surface area contributed by atoms with Gasteiger partial charge in [-0.1, -0.05) is 31.0 Å². The van der Waals surface area contributed by atoms with E-state index in [0.29, 0.717) is 12.3 Å². The average molecular weight is 217 g/mol. The number of hydrogen-bond acceptors (Lipinski definition) is 2.